The van der Waals surface area contributed by atoms with Crippen molar-refractivity contribution in [3.05, 3.63) is 23.2 Å². The summed E-state index contributed by atoms with van der Waals surface area (Å²) in [5, 5.41) is 3.45. The van der Waals surface area contributed by atoms with E-state index in [-0.39, 0.29) is 0 Å². The molecule has 1 N–H and O–H groups in total. The van der Waals surface area contributed by atoms with Crippen LogP contribution in [0.5, 0.6) is 0 Å². The Morgan fingerprint density at radius 3 is 2.47 bits per heavy atom. The van der Waals surface area contributed by atoms with E-state index in [1.165, 1.54) is 31.2 Å². The minimum atomic E-state index is 0.491. The molecule has 1 aromatic rings. The van der Waals surface area contributed by atoms with E-state index in [4.69, 9.17) is 4.42 Å². The zero-order chi connectivity index (χ0) is 10.8. The van der Waals surface area contributed by atoms with Gasteiger partial charge >= 0.3 is 0 Å². The number of hydrogen-bond donors (Lipinski definition) is 1. The standard InChI is InChI=1S/C13H21NO/c1-9-8-12(10(2)15-9)13(14-3)11-6-4-5-7-11/h8,11,13-14H,4-7H2,1-3H3. The predicted octanol–water partition coefficient (Wildman–Crippen LogP) is 3.35. The van der Waals surface area contributed by atoms with E-state index in [0.717, 1.165) is 17.4 Å². The summed E-state index contributed by atoms with van der Waals surface area (Å²) in [6.45, 7) is 4.10. The normalized spacial score (nSPS) is 19.7. The predicted molar refractivity (Wildman–Crippen MR) is 61.9 cm³/mol. The average molecular weight is 207 g/mol. The van der Waals surface area contributed by atoms with Crippen molar-refractivity contribution in [3.63, 3.8) is 0 Å². The van der Waals surface area contributed by atoms with Gasteiger partial charge in [-0.2, -0.15) is 0 Å². The van der Waals surface area contributed by atoms with Crippen LogP contribution in [-0.2, 0) is 0 Å². The molecule has 2 heteroatoms. The molecule has 2 nitrogen and oxygen atoms in total. The molecule has 1 aliphatic rings. The summed E-state index contributed by atoms with van der Waals surface area (Å²) in [6, 6.07) is 2.68. The molecule has 1 atom stereocenters. The van der Waals surface area contributed by atoms with E-state index in [0.29, 0.717) is 6.04 Å². The van der Waals surface area contributed by atoms with Crippen LogP contribution in [-0.4, -0.2) is 7.05 Å². The summed E-state index contributed by atoms with van der Waals surface area (Å²) in [7, 11) is 2.06. The summed E-state index contributed by atoms with van der Waals surface area (Å²) >= 11 is 0. The molecule has 1 aliphatic carbocycles. The maximum absolute atomic E-state index is 5.62. The Kier molecular flexibility index (Phi) is 3.15. The lowest BCUT2D eigenvalue weighted by Gasteiger charge is -2.22. The molecule has 0 radical (unpaired) electrons. The Morgan fingerprint density at radius 2 is 2.00 bits per heavy atom. The zero-order valence-corrected chi connectivity index (χ0v) is 9.97. The van der Waals surface area contributed by atoms with Crippen molar-refractivity contribution in [2.75, 3.05) is 7.05 Å². The van der Waals surface area contributed by atoms with Crippen LogP contribution in [0.4, 0.5) is 0 Å². The first kappa shape index (κ1) is 10.7. The SMILES string of the molecule is CNC(c1cc(C)oc1C)C1CCCC1. The quantitative estimate of drug-likeness (QED) is 0.822. The van der Waals surface area contributed by atoms with Gasteiger partial charge in [-0.3, -0.25) is 0 Å². The van der Waals surface area contributed by atoms with Crippen molar-refractivity contribution < 1.29 is 4.42 Å². The van der Waals surface area contributed by atoms with Crippen molar-refractivity contribution in [1.82, 2.24) is 5.32 Å². The summed E-state index contributed by atoms with van der Waals surface area (Å²) in [5.41, 5.74) is 1.36. The van der Waals surface area contributed by atoms with E-state index in [9.17, 15) is 0 Å². The molecular formula is C13H21NO. The van der Waals surface area contributed by atoms with Gasteiger partial charge in [0.1, 0.15) is 11.5 Å². The summed E-state index contributed by atoms with van der Waals surface area (Å²) in [4.78, 5) is 0. The fourth-order valence-electron chi connectivity index (χ4n) is 2.90. The minimum absolute atomic E-state index is 0.491. The molecule has 0 bridgehead atoms. The van der Waals surface area contributed by atoms with Gasteiger partial charge in [-0.25, -0.2) is 0 Å². The van der Waals surface area contributed by atoms with E-state index in [2.05, 4.69) is 25.4 Å². The largest absolute Gasteiger partial charge is 0.466 e. The Morgan fingerprint density at radius 1 is 1.33 bits per heavy atom. The number of rotatable bonds is 3. The molecule has 1 saturated carbocycles. The number of furan rings is 1. The molecule has 1 heterocycles. The molecule has 0 aliphatic heterocycles. The Hall–Kier alpha value is -0.760. The topological polar surface area (TPSA) is 25.2 Å². The average Bonchev–Trinajstić information content (AvgIpc) is 2.79. The summed E-state index contributed by atoms with van der Waals surface area (Å²) < 4.78 is 5.62. The molecule has 1 unspecified atom stereocenters. The van der Waals surface area contributed by atoms with Gasteiger partial charge in [-0.05, 0) is 45.7 Å². The van der Waals surface area contributed by atoms with Crippen LogP contribution >= 0.6 is 0 Å². The third-order valence-electron chi connectivity index (χ3n) is 3.60. The van der Waals surface area contributed by atoms with E-state index >= 15 is 0 Å². The second-order valence-electron chi connectivity index (χ2n) is 4.68. The lowest BCUT2D eigenvalue weighted by Crippen LogP contribution is -2.23. The van der Waals surface area contributed by atoms with Gasteiger partial charge < -0.3 is 9.73 Å². The van der Waals surface area contributed by atoms with Crippen molar-refractivity contribution in [3.8, 4) is 0 Å². The van der Waals surface area contributed by atoms with Crippen molar-refractivity contribution in [2.24, 2.45) is 5.92 Å². The van der Waals surface area contributed by atoms with E-state index in [1.54, 1.807) is 0 Å². The first-order valence-electron chi connectivity index (χ1n) is 5.96. The minimum Gasteiger partial charge on any atom is -0.466 e. The van der Waals surface area contributed by atoms with Crippen molar-refractivity contribution in [1.29, 1.82) is 0 Å². The van der Waals surface area contributed by atoms with Gasteiger partial charge in [0.05, 0.1) is 0 Å². The molecule has 0 aromatic carbocycles. The van der Waals surface area contributed by atoms with Crippen LogP contribution in [0.15, 0.2) is 10.5 Å². The van der Waals surface area contributed by atoms with Gasteiger partial charge in [-0.1, -0.05) is 12.8 Å². The summed E-state index contributed by atoms with van der Waals surface area (Å²) in [6.07, 6.45) is 5.49. The van der Waals surface area contributed by atoms with Crippen LogP contribution < -0.4 is 5.32 Å². The number of aryl methyl sites for hydroxylation is 2. The second kappa shape index (κ2) is 4.40. The van der Waals surface area contributed by atoms with Gasteiger partial charge in [0.25, 0.3) is 0 Å². The van der Waals surface area contributed by atoms with Crippen molar-refractivity contribution >= 4 is 0 Å². The van der Waals surface area contributed by atoms with Crippen molar-refractivity contribution in [2.45, 2.75) is 45.6 Å². The molecule has 2 rings (SSSR count). The monoisotopic (exact) mass is 207 g/mol. The fourth-order valence-corrected chi connectivity index (χ4v) is 2.90. The third kappa shape index (κ3) is 2.10. The van der Waals surface area contributed by atoms with Gasteiger partial charge in [0, 0.05) is 11.6 Å². The van der Waals surface area contributed by atoms with Crippen LogP contribution in [0.3, 0.4) is 0 Å². The Balaban J connectivity index is 2.21. The first-order chi connectivity index (χ1) is 7.22. The van der Waals surface area contributed by atoms with Crippen LogP contribution in [0.1, 0.15) is 48.8 Å². The third-order valence-corrected chi connectivity index (χ3v) is 3.60. The first-order valence-corrected chi connectivity index (χ1v) is 5.96. The lowest BCUT2D eigenvalue weighted by atomic mass is 9.92. The molecule has 0 saturated heterocycles. The highest BCUT2D eigenvalue weighted by molar-refractivity contribution is 5.25. The molecule has 15 heavy (non-hydrogen) atoms. The maximum atomic E-state index is 5.62. The molecule has 84 valence electrons. The highest BCUT2D eigenvalue weighted by Gasteiger charge is 2.27. The van der Waals surface area contributed by atoms with Gasteiger partial charge in [-0.15, -0.1) is 0 Å². The van der Waals surface area contributed by atoms with E-state index < -0.39 is 0 Å². The highest BCUT2D eigenvalue weighted by atomic mass is 16.3. The smallest absolute Gasteiger partial charge is 0.105 e. The molecule has 1 fully saturated rings. The fraction of sp³-hybridized carbons (Fsp3) is 0.692. The highest BCUT2D eigenvalue weighted by Crippen LogP contribution is 2.37. The zero-order valence-electron chi connectivity index (χ0n) is 9.97. The van der Waals surface area contributed by atoms with Crippen LogP contribution in [0, 0.1) is 19.8 Å². The van der Waals surface area contributed by atoms with Gasteiger partial charge in [0.2, 0.25) is 0 Å². The molecule has 1 aromatic heterocycles. The maximum Gasteiger partial charge on any atom is 0.105 e. The number of nitrogens with one attached hydrogen (secondary N) is 1. The summed E-state index contributed by atoms with van der Waals surface area (Å²) in [5.74, 6) is 2.91. The lowest BCUT2D eigenvalue weighted by molar-refractivity contribution is 0.383. The van der Waals surface area contributed by atoms with Crippen LogP contribution in [0.2, 0.25) is 0 Å². The molecular weight excluding hydrogens is 186 g/mol. The second-order valence-corrected chi connectivity index (χ2v) is 4.68. The van der Waals surface area contributed by atoms with Crippen LogP contribution in [0.25, 0.3) is 0 Å². The molecule has 0 amide bonds. The Bertz CT molecular complexity index is 323. The van der Waals surface area contributed by atoms with E-state index in [1.807, 2.05) is 6.92 Å². The molecule has 0 spiro atoms. The van der Waals surface area contributed by atoms with Gasteiger partial charge in [0.15, 0.2) is 0 Å². The Labute approximate surface area is 92.1 Å². The number of hydrogen-bond acceptors (Lipinski definition) is 2.